The summed E-state index contributed by atoms with van der Waals surface area (Å²) in [5, 5.41) is 6.04. The Bertz CT molecular complexity index is 790. The fraction of sp³-hybridized carbons (Fsp3) is 0.375. The number of rotatable bonds is 2. The van der Waals surface area contributed by atoms with Gasteiger partial charge in [-0.15, -0.1) is 0 Å². The molecule has 8 heteroatoms. The van der Waals surface area contributed by atoms with E-state index in [9.17, 15) is 14.4 Å². The predicted molar refractivity (Wildman–Crippen MR) is 86.7 cm³/mol. The number of hydrogen-bond acceptors (Lipinski definition) is 4. The smallest absolute Gasteiger partial charge is 0.274 e. The molecule has 1 aliphatic heterocycles. The average molecular weight is 329 g/mol. The highest BCUT2D eigenvalue weighted by Crippen LogP contribution is 2.11. The molecule has 2 aromatic heterocycles. The highest BCUT2D eigenvalue weighted by Gasteiger charge is 2.24. The summed E-state index contributed by atoms with van der Waals surface area (Å²) in [6.45, 7) is 2.08. The van der Waals surface area contributed by atoms with E-state index in [1.807, 2.05) is 17.8 Å². The summed E-state index contributed by atoms with van der Waals surface area (Å²) in [6.07, 6.45) is 4.33. The number of H-pyrrole nitrogens is 1. The van der Waals surface area contributed by atoms with Gasteiger partial charge < -0.3 is 14.4 Å². The van der Waals surface area contributed by atoms with Gasteiger partial charge in [0.2, 0.25) is 0 Å². The number of nitrogens with one attached hydrogen (secondary N) is 1. The summed E-state index contributed by atoms with van der Waals surface area (Å²) >= 11 is 0. The molecule has 24 heavy (non-hydrogen) atoms. The summed E-state index contributed by atoms with van der Waals surface area (Å²) in [5.41, 5.74) is 0.513. The van der Waals surface area contributed by atoms with Crippen LogP contribution in [0.1, 0.15) is 27.3 Å². The normalized spacial score (nSPS) is 15.2. The number of hydrogen-bond donors (Lipinski definition) is 1. The van der Waals surface area contributed by atoms with Gasteiger partial charge in [0.15, 0.2) is 0 Å². The zero-order chi connectivity index (χ0) is 17.1. The highest BCUT2D eigenvalue weighted by molar-refractivity contribution is 5.94. The van der Waals surface area contributed by atoms with Gasteiger partial charge in [0.05, 0.1) is 5.56 Å². The molecule has 8 nitrogen and oxygen atoms in total. The zero-order valence-corrected chi connectivity index (χ0v) is 13.4. The van der Waals surface area contributed by atoms with Crippen molar-refractivity contribution in [3.8, 4) is 0 Å². The van der Waals surface area contributed by atoms with Crippen LogP contribution in [0.25, 0.3) is 0 Å². The number of carbonyl (C=O) groups is 2. The van der Waals surface area contributed by atoms with Crippen molar-refractivity contribution in [2.75, 3.05) is 26.2 Å². The van der Waals surface area contributed by atoms with Gasteiger partial charge in [-0.05, 0) is 18.6 Å². The first-order chi connectivity index (χ1) is 11.5. The predicted octanol–water partition coefficient (Wildman–Crippen LogP) is 0.0967. The minimum absolute atomic E-state index is 0.0212. The minimum Gasteiger partial charge on any atom is -0.356 e. The van der Waals surface area contributed by atoms with E-state index < -0.39 is 0 Å². The number of aromatic nitrogens is 3. The van der Waals surface area contributed by atoms with Crippen LogP contribution >= 0.6 is 0 Å². The molecule has 0 atom stereocenters. The Kier molecular flexibility index (Phi) is 4.45. The lowest BCUT2D eigenvalue weighted by molar-refractivity contribution is 0.0715. The Morgan fingerprint density at radius 2 is 1.75 bits per heavy atom. The second kappa shape index (κ2) is 6.69. The third-order valence-electron chi connectivity index (χ3n) is 4.05. The summed E-state index contributed by atoms with van der Waals surface area (Å²) in [4.78, 5) is 39.4. The molecule has 1 saturated heterocycles. The van der Waals surface area contributed by atoms with Crippen molar-refractivity contribution in [3.63, 3.8) is 0 Å². The van der Waals surface area contributed by atoms with E-state index in [-0.39, 0.29) is 23.1 Å². The van der Waals surface area contributed by atoms with Crippen molar-refractivity contribution in [2.24, 2.45) is 7.05 Å². The van der Waals surface area contributed by atoms with E-state index in [0.717, 1.165) is 0 Å². The number of aromatic amines is 1. The van der Waals surface area contributed by atoms with Crippen molar-refractivity contribution in [1.82, 2.24) is 24.6 Å². The molecule has 0 aliphatic carbocycles. The van der Waals surface area contributed by atoms with Gasteiger partial charge in [0, 0.05) is 51.7 Å². The maximum Gasteiger partial charge on any atom is 0.274 e. The van der Waals surface area contributed by atoms with Crippen LogP contribution in [0.3, 0.4) is 0 Å². The molecule has 0 saturated carbocycles. The summed E-state index contributed by atoms with van der Waals surface area (Å²) in [5.74, 6) is -0.257. The standard InChI is InChI=1S/C16H19N5O3/c1-19-8-5-12(11-19)15(23)20-6-2-7-21(10-9-20)16(24)13-3-4-14(22)18-17-13/h3-5,8,11H,2,6-7,9-10H2,1H3,(H,18,22). The van der Waals surface area contributed by atoms with Crippen molar-refractivity contribution >= 4 is 11.8 Å². The molecule has 0 aromatic carbocycles. The van der Waals surface area contributed by atoms with E-state index in [2.05, 4.69) is 10.2 Å². The van der Waals surface area contributed by atoms with Crippen LogP contribution in [0.4, 0.5) is 0 Å². The molecule has 3 heterocycles. The van der Waals surface area contributed by atoms with Crippen LogP contribution in [0.15, 0.2) is 35.4 Å². The summed E-state index contributed by atoms with van der Waals surface area (Å²) < 4.78 is 1.84. The van der Waals surface area contributed by atoms with Gasteiger partial charge in [0.1, 0.15) is 5.69 Å². The quantitative estimate of drug-likeness (QED) is 0.846. The number of amides is 2. The SMILES string of the molecule is Cn1ccc(C(=O)N2CCCN(C(=O)c3ccc(=O)[nH]n3)CC2)c1. The first-order valence-electron chi connectivity index (χ1n) is 7.81. The van der Waals surface area contributed by atoms with E-state index in [1.165, 1.54) is 12.1 Å². The largest absolute Gasteiger partial charge is 0.356 e. The fourth-order valence-corrected chi connectivity index (χ4v) is 2.76. The van der Waals surface area contributed by atoms with Crippen LogP contribution in [-0.2, 0) is 7.05 Å². The van der Waals surface area contributed by atoms with Gasteiger partial charge >= 0.3 is 0 Å². The lowest BCUT2D eigenvalue weighted by Crippen LogP contribution is -2.37. The lowest BCUT2D eigenvalue weighted by Gasteiger charge is -2.21. The summed E-state index contributed by atoms with van der Waals surface area (Å²) in [7, 11) is 1.87. The van der Waals surface area contributed by atoms with Gasteiger partial charge in [-0.2, -0.15) is 5.10 Å². The van der Waals surface area contributed by atoms with Gasteiger partial charge in [0.25, 0.3) is 17.4 Å². The second-order valence-corrected chi connectivity index (χ2v) is 5.81. The van der Waals surface area contributed by atoms with E-state index >= 15 is 0 Å². The Morgan fingerprint density at radius 3 is 2.33 bits per heavy atom. The maximum absolute atomic E-state index is 12.5. The number of aryl methyl sites for hydroxylation is 1. The molecule has 2 amide bonds. The van der Waals surface area contributed by atoms with Crippen molar-refractivity contribution in [2.45, 2.75) is 6.42 Å². The van der Waals surface area contributed by atoms with E-state index in [4.69, 9.17) is 0 Å². The average Bonchev–Trinajstić information content (AvgIpc) is 2.87. The van der Waals surface area contributed by atoms with Crippen LogP contribution in [0.5, 0.6) is 0 Å². The van der Waals surface area contributed by atoms with E-state index in [0.29, 0.717) is 38.2 Å². The number of nitrogens with zero attached hydrogens (tertiary/aromatic N) is 4. The Balaban J connectivity index is 1.66. The van der Waals surface area contributed by atoms with Crippen LogP contribution in [0.2, 0.25) is 0 Å². The van der Waals surface area contributed by atoms with E-state index in [1.54, 1.807) is 22.1 Å². The van der Waals surface area contributed by atoms with Gasteiger partial charge in [-0.3, -0.25) is 14.4 Å². The molecule has 0 unspecified atom stereocenters. The zero-order valence-electron chi connectivity index (χ0n) is 13.4. The van der Waals surface area contributed by atoms with Crippen LogP contribution in [0, 0.1) is 0 Å². The molecular formula is C16H19N5O3. The molecule has 1 N–H and O–H groups in total. The summed E-state index contributed by atoms with van der Waals surface area (Å²) in [6, 6.07) is 4.49. The molecule has 3 rings (SSSR count). The fourth-order valence-electron chi connectivity index (χ4n) is 2.76. The molecular weight excluding hydrogens is 310 g/mol. The third-order valence-corrected chi connectivity index (χ3v) is 4.05. The molecule has 1 fully saturated rings. The van der Waals surface area contributed by atoms with Crippen molar-refractivity contribution < 1.29 is 9.59 Å². The van der Waals surface area contributed by atoms with Crippen LogP contribution < -0.4 is 5.56 Å². The Hall–Kier alpha value is -2.90. The third kappa shape index (κ3) is 3.37. The molecule has 2 aromatic rings. The first-order valence-corrected chi connectivity index (χ1v) is 7.81. The molecule has 0 bridgehead atoms. The molecule has 0 radical (unpaired) electrons. The topological polar surface area (TPSA) is 91.3 Å². The Morgan fingerprint density at radius 1 is 1.04 bits per heavy atom. The molecule has 1 aliphatic rings. The monoisotopic (exact) mass is 329 g/mol. The Labute approximate surface area is 138 Å². The minimum atomic E-state index is -0.345. The number of carbonyl (C=O) groups excluding carboxylic acids is 2. The molecule has 126 valence electrons. The molecule has 0 spiro atoms. The lowest BCUT2D eigenvalue weighted by atomic mass is 10.3. The van der Waals surface area contributed by atoms with Crippen molar-refractivity contribution in [3.05, 3.63) is 52.2 Å². The van der Waals surface area contributed by atoms with Gasteiger partial charge in [-0.1, -0.05) is 0 Å². The van der Waals surface area contributed by atoms with Gasteiger partial charge in [-0.25, -0.2) is 5.10 Å². The second-order valence-electron chi connectivity index (χ2n) is 5.81. The van der Waals surface area contributed by atoms with Crippen molar-refractivity contribution in [1.29, 1.82) is 0 Å². The first kappa shape index (κ1) is 16.0. The highest BCUT2D eigenvalue weighted by atomic mass is 16.2. The maximum atomic E-state index is 12.5. The van der Waals surface area contributed by atoms with Crippen LogP contribution in [-0.4, -0.2) is 62.6 Å².